The van der Waals surface area contributed by atoms with Crippen LogP contribution in [0.15, 0.2) is 0 Å². The van der Waals surface area contributed by atoms with Crippen LogP contribution in [0.1, 0.15) is 27.2 Å². The van der Waals surface area contributed by atoms with E-state index in [4.69, 9.17) is 0 Å². The first-order chi connectivity index (χ1) is 4.66. The second-order valence-corrected chi connectivity index (χ2v) is 5.67. The molecule has 1 rings (SSSR count). The Labute approximate surface area is 67.0 Å². The van der Waals surface area contributed by atoms with E-state index in [1.165, 1.54) is 0 Å². The maximum atomic E-state index is 12.2. The molecule has 0 aliphatic heterocycles. The van der Waals surface area contributed by atoms with Gasteiger partial charge in [-0.25, -0.2) is 0 Å². The van der Waals surface area contributed by atoms with Crippen LogP contribution < -0.4 is 0 Å². The third-order valence-corrected chi connectivity index (χ3v) is 3.81. The van der Waals surface area contributed by atoms with Gasteiger partial charge in [0.05, 0.1) is 5.75 Å². The molecule has 0 N–H and O–H groups in total. The Hall–Kier alpha value is -0.120. The van der Waals surface area contributed by atoms with Crippen molar-refractivity contribution in [1.82, 2.24) is 0 Å². The molecule has 0 bridgehead atoms. The molecule has 2 nitrogen and oxygen atoms in total. The van der Waals surface area contributed by atoms with E-state index >= 15 is 0 Å². The van der Waals surface area contributed by atoms with Gasteiger partial charge in [-0.15, -0.1) is 3.89 Å². The number of hydrogen-bond acceptors (Lipinski definition) is 2. The summed E-state index contributed by atoms with van der Waals surface area (Å²) in [6.45, 7) is 5.72. The molecular weight excluding hydrogens is 167 g/mol. The third kappa shape index (κ3) is 1.72. The van der Waals surface area contributed by atoms with Crippen LogP contribution in [0.4, 0.5) is 3.89 Å². The fraction of sp³-hybridized carbons (Fsp3) is 1.00. The summed E-state index contributed by atoms with van der Waals surface area (Å²) in [5.41, 5.74) is -0.341. The summed E-state index contributed by atoms with van der Waals surface area (Å²) < 4.78 is 32.9. The Morgan fingerprint density at radius 2 is 1.73 bits per heavy atom. The van der Waals surface area contributed by atoms with Gasteiger partial charge >= 0.3 is 10.2 Å². The van der Waals surface area contributed by atoms with E-state index in [2.05, 4.69) is 0 Å². The van der Waals surface area contributed by atoms with E-state index in [0.29, 0.717) is 0 Å². The SMILES string of the molecule is CC1(C)CC1(C)CS(=O)(=O)F. The second-order valence-electron chi connectivity index (χ2n) is 4.30. The van der Waals surface area contributed by atoms with Crippen molar-refractivity contribution in [3.05, 3.63) is 0 Å². The quantitative estimate of drug-likeness (QED) is 0.606. The molecule has 66 valence electrons. The average molecular weight is 180 g/mol. The Morgan fingerprint density at radius 1 is 1.36 bits per heavy atom. The molecule has 0 aromatic rings. The van der Waals surface area contributed by atoms with Gasteiger partial charge in [0.15, 0.2) is 0 Å². The van der Waals surface area contributed by atoms with Crippen LogP contribution in [0.5, 0.6) is 0 Å². The van der Waals surface area contributed by atoms with Crippen LogP contribution in [-0.2, 0) is 10.2 Å². The lowest BCUT2D eigenvalue weighted by atomic mass is 10.0. The van der Waals surface area contributed by atoms with Gasteiger partial charge in [0.1, 0.15) is 0 Å². The Kier molecular flexibility index (Phi) is 1.61. The standard InChI is InChI=1S/C7H13FO2S/c1-6(2)4-7(6,3)5-11(8,9)10/h4-5H2,1-3H3. The zero-order valence-corrected chi connectivity index (χ0v) is 7.83. The summed E-state index contributed by atoms with van der Waals surface area (Å²) in [5, 5.41) is 0. The average Bonchev–Trinajstić information content (AvgIpc) is 1.96. The van der Waals surface area contributed by atoms with Crippen molar-refractivity contribution in [3.8, 4) is 0 Å². The molecule has 0 saturated heterocycles. The molecule has 0 aromatic carbocycles. The minimum Gasteiger partial charge on any atom is -0.195 e. The summed E-state index contributed by atoms with van der Waals surface area (Å²) in [4.78, 5) is 0. The van der Waals surface area contributed by atoms with Crippen LogP contribution in [0, 0.1) is 10.8 Å². The third-order valence-electron chi connectivity index (χ3n) is 2.83. The Morgan fingerprint density at radius 3 is 1.82 bits per heavy atom. The molecule has 1 unspecified atom stereocenters. The minimum atomic E-state index is -4.29. The molecule has 1 fully saturated rings. The molecule has 4 heteroatoms. The van der Waals surface area contributed by atoms with E-state index in [-0.39, 0.29) is 16.6 Å². The van der Waals surface area contributed by atoms with E-state index in [1.54, 1.807) is 0 Å². The highest BCUT2D eigenvalue weighted by molar-refractivity contribution is 7.86. The molecular formula is C7H13FO2S. The lowest BCUT2D eigenvalue weighted by Crippen LogP contribution is -2.15. The van der Waals surface area contributed by atoms with Gasteiger partial charge in [-0.05, 0) is 17.3 Å². The van der Waals surface area contributed by atoms with Crippen molar-refractivity contribution in [3.63, 3.8) is 0 Å². The van der Waals surface area contributed by atoms with Crippen molar-refractivity contribution in [2.45, 2.75) is 27.2 Å². The van der Waals surface area contributed by atoms with E-state index in [9.17, 15) is 12.3 Å². The molecule has 1 aliphatic rings. The maximum absolute atomic E-state index is 12.2. The van der Waals surface area contributed by atoms with E-state index in [0.717, 1.165) is 6.42 Å². The summed E-state index contributed by atoms with van der Waals surface area (Å²) in [6.07, 6.45) is 0.795. The number of halogens is 1. The molecule has 1 atom stereocenters. The minimum absolute atomic E-state index is 0.00778. The molecule has 0 radical (unpaired) electrons. The van der Waals surface area contributed by atoms with Crippen LogP contribution in [0.2, 0.25) is 0 Å². The van der Waals surface area contributed by atoms with E-state index in [1.807, 2.05) is 20.8 Å². The number of hydrogen-bond donors (Lipinski definition) is 0. The zero-order valence-electron chi connectivity index (χ0n) is 7.02. The molecule has 11 heavy (non-hydrogen) atoms. The van der Waals surface area contributed by atoms with Crippen LogP contribution in [0.3, 0.4) is 0 Å². The zero-order chi connectivity index (χ0) is 8.91. The van der Waals surface area contributed by atoms with Crippen molar-refractivity contribution < 1.29 is 12.3 Å². The van der Waals surface area contributed by atoms with Gasteiger partial charge < -0.3 is 0 Å². The van der Waals surface area contributed by atoms with E-state index < -0.39 is 10.2 Å². The lowest BCUT2D eigenvalue weighted by Gasteiger charge is -2.10. The molecule has 0 amide bonds. The fourth-order valence-corrected chi connectivity index (χ4v) is 2.81. The monoisotopic (exact) mass is 180 g/mol. The highest BCUT2D eigenvalue weighted by atomic mass is 32.3. The predicted molar refractivity (Wildman–Crippen MR) is 41.4 cm³/mol. The maximum Gasteiger partial charge on any atom is 0.302 e. The molecule has 0 heterocycles. The van der Waals surface area contributed by atoms with Gasteiger partial charge in [-0.2, -0.15) is 8.42 Å². The van der Waals surface area contributed by atoms with Crippen LogP contribution in [-0.4, -0.2) is 14.2 Å². The summed E-state index contributed by atoms with van der Waals surface area (Å²) in [6, 6.07) is 0. The molecule has 1 aliphatic carbocycles. The first-order valence-electron chi connectivity index (χ1n) is 3.59. The normalized spacial score (nSPS) is 35.3. The number of rotatable bonds is 2. The van der Waals surface area contributed by atoms with Crippen molar-refractivity contribution in [1.29, 1.82) is 0 Å². The van der Waals surface area contributed by atoms with Gasteiger partial charge in [-0.1, -0.05) is 20.8 Å². The fourth-order valence-electron chi connectivity index (χ4n) is 1.56. The second kappa shape index (κ2) is 1.97. The van der Waals surface area contributed by atoms with Crippen molar-refractivity contribution >= 4 is 10.2 Å². The molecule has 1 saturated carbocycles. The lowest BCUT2D eigenvalue weighted by molar-refractivity contribution is 0.443. The van der Waals surface area contributed by atoms with Crippen molar-refractivity contribution in [2.24, 2.45) is 10.8 Å². The smallest absolute Gasteiger partial charge is 0.195 e. The largest absolute Gasteiger partial charge is 0.302 e. The molecule has 0 aromatic heterocycles. The topological polar surface area (TPSA) is 34.1 Å². The summed E-state index contributed by atoms with van der Waals surface area (Å²) >= 11 is 0. The van der Waals surface area contributed by atoms with Gasteiger partial charge in [0.25, 0.3) is 0 Å². The van der Waals surface area contributed by atoms with Crippen LogP contribution in [0.25, 0.3) is 0 Å². The van der Waals surface area contributed by atoms with Gasteiger partial charge in [0, 0.05) is 0 Å². The highest BCUT2D eigenvalue weighted by Crippen LogP contribution is 2.63. The Balaban J connectivity index is 2.68. The highest BCUT2D eigenvalue weighted by Gasteiger charge is 2.59. The van der Waals surface area contributed by atoms with Crippen LogP contribution >= 0.6 is 0 Å². The first kappa shape index (κ1) is 8.97. The Bertz CT molecular complexity index is 268. The molecule has 0 spiro atoms. The van der Waals surface area contributed by atoms with Crippen molar-refractivity contribution in [2.75, 3.05) is 5.75 Å². The predicted octanol–water partition coefficient (Wildman–Crippen LogP) is 1.72. The summed E-state index contributed by atoms with van der Waals surface area (Å²) in [5.74, 6) is -0.326. The first-order valence-corrected chi connectivity index (χ1v) is 5.14. The van der Waals surface area contributed by atoms with Gasteiger partial charge in [0.2, 0.25) is 0 Å². The van der Waals surface area contributed by atoms with Gasteiger partial charge in [-0.3, -0.25) is 0 Å². The summed E-state index contributed by atoms with van der Waals surface area (Å²) in [7, 11) is -4.29.